The summed E-state index contributed by atoms with van der Waals surface area (Å²) in [5, 5.41) is 33.2. The maximum absolute atomic E-state index is 13.1. The molecule has 3 amide bonds. The minimum absolute atomic E-state index is 0.0318. The molecule has 9 heteroatoms. The summed E-state index contributed by atoms with van der Waals surface area (Å²) in [6.45, 7) is 0. The Hall–Kier alpha value is -3.95. The van der Waals surface area contributed by atoms with Gasteiger partial charge in [-0.2, -0.15) is 0 Å². The van der Waals surface area contributed by atoms with E-state index in [4.69, 9.17) is 10.9 Å². The van der Waals surface area contributed by atoms with E-state index in [1.54, 1.807) is 18.2 Å². The number of carbonyl (C=O) groups is 3. The number of carbonyl (C=O) groups excluding carboxylic acids is 3. The van der Waals surface area contributed by atoms with Crippen molar-refractivity contribution < 1.29 is 29.8 Å². The van der Waals surface area contributed by atoms with Crippen molar-refractivity contribution in [1.82, 2.24) is 10.8 Å². The van der Waals surface area contributed by atoms with Crippen LogP contribution < -0.4 is 16.5 Å². The van der Waals surface area contributed by atoms with E-state index in [0.29, 0.717) is 11.1 Å². The molecule has 3 aromatic carbocycles. The lowest BCUT2D eigenvalue weighted by Crippen LogP contribution is -2.52. The van der Waals surface area contributed by atoms with Crippen molar-refractivity contribution in [2.24, 2.45) is 11.7 Å². The predicted molar refractivity (Wildman–Crippen MR) is 120 cm³/mol. The molecule has 0 bridgehead atoms. The second-order valence-corrected chi connectivity index (χ2v) is 7.75. The molecular formula is C24H25N3O6. The summed E-state index contributed by atoms with van der Waals surface area (Å²) in [5.74, 6) is -3.99. The molecule has 0 heterocycles. The molecule has 0 aliphatic rings. The first-order valence-electron chi connectivity index (χ1n) is 10.3. The Morgan fingerprint density at radius 3 is 2.12 bits per heavy atom. The van der Waals surface area contributed by atoms with E-state index in [2.05, 4.69) is 5.32 Å². The van der Waals surface area contributed by atoms with E-state index in [-0.39, 0.29) is 18.6 Å². The van der Waals surface area contributed by atoms with Crippen LogP contribution >= 0.6 is 0 Å². The van der Waals surface area contributed by atoms with Gasteiger partial charge in [0.15, 0.2) is 0 Å². The largest absolute Gasteiger partial charge is 0.508 e. The van der Waals surface area contributed by atoms with Crippen LogP contribution in [0.2, 0.25) is 0 Å². The number of aliphatic hydroxyl groups is 1. The Kier molecular flexibility index (Phi) is 7.60. The van der Waals surface area contributed by atoms with Gasteiger partial charge in [0.1, 0.15) is 17.9 Å². The fourth-order valence-electron chi connectivity index (χ4n) is 3.59. The summed E-state index contributed by atoms with van der Waals surface area (Å²) < 4.78 is 0. The van der Waals surface area contributed by atoms with Gasteiger partial charge in [0.2, 0.25) is 11.8 Å². The molecule has 0 saturated carbocycles. The van der Waals surface area contributed by atoms with Crippen molar-refractivity contribution in [3.63, 3.8) is 0 Å². The maximum Gasteiger partial charge on any atom is 0.272 e. The van der Waals surface area contributed by atoms with Gasteiger partial charge < -0.3 is 21.3 Å². The average molecular weight is 451 g/mol. The maximum atomic E-state index is 13.1. The van der Waals surface area contributed by atoms with Gasteiger partial charge in [0, 0.05) is 6.42 Å². The van der Waals surface area contributed by atoms with Gasteiger partial charge in [-0.15, -0.1) is 0 Å². The molecule has 0 radical (unpaired) electrons. The number of aliphatic hydroxyl groups excluding tert-OH is 1. The Labute approximate surface area is 189 Å². The minimum Gasteiger partial charge on any atom is -0.508 e. The summed E-state index contributed by atoms with van der Waals surface area (Å²) in [5.41, 5.74) is 8.12. The third-order valence-corrected chi connectivity index (χ3v) is 5.40. The molecule has 0 aliphatic carbocycles. The van der Waals surface area contributed by atoms with Crippen LogP contribution in [-0.2, 0) is 27.2 Å². The highest BCUT2D eigenvalue weighted by atomic mass is 16.5. The van der Waals surface area contributed by atoms with Gasteiger partial charge in [-0.3, -0.25) is 19.6 Å². The third kappa shape index (κ3) is 6.06. The number of nitrogens with one attached hydrogen (secondary N) is 2. The second-order valence-electron chi connectivity index (χ2n) is 7.75. The normalized spacial score (nSPS) is 13.6. The Morgan fingerprint density at radius 2 is 1.48 bits per heavy atom. The molecule has 0 fully saturated rings. The molecule has 3 atom stereocenters. The molecule has 7 N–H and O–H groups in total. The van der Waals surface area contributed by atoms with Gasteiger partial charge in [-0.1, -0.05) is 54.6 Å². The number of fused-ring (bicyclic) bond motifs is 1. The zero-order valence-electron chi connectivity index (χ0n) is 17.6. The van der Waals surface area contributed by atoms with Crippen molar-refractivity contribution in [1.29, 1.82) is 0 Å². The number of amides is 3. The Balaban J connectivity index is 1.83. The standard InChI is InChI=1S/C24H25N3O6/c25-22(30)20(13-14-6-9-18(28)10-7-14)26-23(31)19(21(29)24(32)27-33)12-15-5-8-16-3-1-2-4-17(16)11-15/h1-11,19-21,28-29,33H,12-13H2,(H2,25,30)(H,26,31)(H,27,32)/t19-,20+,21+/m1/s1. The van der Waals surface area contributed by atoms with Gasteiger partial charge in [0.05, 0.1) is 5.92 Å². The topological polar surface area (TPSA) is 162 Å². The van der Waals surface area contributed by atoms with E-state index in [0.717, 1.165) is 10.8 Å². The quantitative estimate of drug-likeness (QED) is 0.208. The first kappa shape index (κ1) is 23.7. The van der Waals surface area contributed by atoms with Crippen LogP contribution in [0.3, 0.4) is 0 Å². The van der Waals surface area contributed by atoms with Crippen LogP contribution in [-0.4, -0.2) is 45.3 Å². The van der Waals surface area contributed by atoms with E-state index in [1.165, 1.54) is 17.6 Å². The van der Waals surface area contributed by atoms with E-state index in [1.807, 2.05) is 36.4 Å². The SMILES string of the molecule is NC(=O)[C@H](Cc1ccc(O)cc1)NC(=O)[C@H](Cc1ccc2ccccc2c1)[C@H](O)C(=O)NO. The average Bonchev–Trinajstić information content (AvgIpc) is 2.82. The number of hydrogen-bond donors (Lipinski definition) is 6. The van der Waals surface area contributed by atoms with E-state index in [9.17, 15) is 24.6 Å². The molecule has 0 aliphatic heterocycles. The molecule has 33 heavy (non-hydrogen) atoms. The van der Waals surface area contributed by atoms with E-state index >= 15 is 0 Å². The summed E-state index contributed by atoms with van der Waals surface area (Å²) in [4.78, 5) is 36.9. The molecule has 0 unspecified atom stereocenters. The molecule has 0 spiro atoms. The Bertz CT molecular complexity index is 1150. The van der Waals surface area contributed by atoms with Crippen LogP contribution in [0.15, 0.2) is 66.7 Å². The van der Waals surface area contributed by atoms with Crippen molar-refractivity contribution in [2.45, 2.75) is 25.0 Å². The number of phenolic OH excluding ortho intramolecular Hbond substituents is 1. The Morgan fingerprint density at radius 1 is 0.848 bits per heavy atom. The van der Waals surface area contributed by atoms with Crippen LogP contribution in [0.25, 0.3) is 10.8 Å². The van der Waals surface area contributed by atoms with Crippen LogP contribution in [0.5, 0.6) is 5.75 Å². The predicted octanol–water partition coefficient (Wildman–Crippen LogP) is 0.783. The molecular weight excluding hydrogens is 426 g/mol. The van der Waals surface area contributed by atoms with Gasteiger partial charge >= 0.3 is 0 Å². The van der Waals surface area contributed by atoms with Gasteiger partial charge in [-0.25, -0.2) is 5.48 Å². The molecule has 3 rings (SSSR count). The number of rotatable bonds is 9. The van der Waals surface area contributed by atoms with Gasteiger partial charge in [-0.05, 0) is 40.5 Å². The molecule has 172 valence electrons. The van der Waals surface area contributed by atoms with Crippen molar-refractivity contribution in [3.05, 3.63) is 77.9 Å². The van der Waals surface area contributed by atoms with Crippen LogP contribution in [0.4, 0.5) is 0 Å². The number of hydroxylamine groups is 1. The summed E-state index contributed by atoms with van der Waals surface area (Å²) >= 11 is 0. The lowest BCUT2D eigenvalue weighted by molar-refractivity contribution is -0.146. The lowest BCUT2D eigenvalue weighted by atomic mass is 9.91. The minimum atomic E-state index is -1.87. The van der Waals surface area contributed by atoms with Crippen molar-refractivity contribution in [2.75, 3.05) is 0 Å². The summed E-state index contributed by atoms with van der Waals surface area (Å²) in [7, 11) is 0. The smallest absolute Gasteiger partial charge is 0.272 e. The first-order valence-corrected chi connectivity index (χ1v) is 10.3. The number of benzene rings is 3. The lowest BCUT2D eigenvalue weighted by Gasteiger charge is -2.24. The molecule has 0 aromatic heterocycles. The zero-order chi connectivity index (χ0) is 24.0. The fraction of sp³-hybridized carbons (Fsp3) is 0.208. The first-order chi connectivity index (χ1) is 15.8. The number of phenols is 1. The number of hydrogen-bond acceptors (Lipinski definition) is 6. The number of primary amides is 1. The van der Waals surface area contributed by atoms with Crippen LogP contribution in [0, 0.1) is 5.92 Å². The number of nitrogens with two attached hydrogens (primary N) is 1. The summed E-state index contributed by atoms with van der Waals surface area (Å²) in [6.07, 6.45) is -1.86. The highest BCUT2D eigenvalue weighted by Crippen LogP contribution is 2.20. The highest BCUT2D eigenvalue weighted by Gasteiger charge is 2.34. The van der Waals surface area contributed by atoms with E-state index < -0.39 is 35.8 Å². The third-order valence-electron chi connectivity index (χ3n) is 5.40. The monoisotopic (exact) mass is 451 g/mol. The molecule has 0 saturated heterocycles. The van der Waals surface area contributed by atoms with Crippen molar-refractivity contribution >= 4 is 28.5 Å². The molecule has 3 aromatic rings. The zero-order valence-corrected chi connectivity index (χ0v) is 17.6. The second kappa shape index (κ2) is 10.6. The summed E-state index contributed by atoms with van der Waals surface area (Å²) in [6, 6.07) is 18.0. The van der Waals surface area contributed by atoms with Gasteiger partial charge in [0.25, 0.3) is 5.91 Å². The van der Waals surface area contributed by atoms with Crippen molar-refractivity contribution in [3.8, 4) is 5.75 Å². The number of aromatic hydroxyl groups is 1. The highest BCUT2D eigenvalue weighted by molar-refractivity contribution is 5.92. The molecule has 9 nitrogen and oxygen atoms in total. The fourth-order valence-corrected chi connectivity index (χ4v) is 3.59. The van der Waals surface area contributed by atoms with Crippen LogP contribution in [0.1, 0.15) is 11.1 Å².